The van der Waals surface area contributed by atoms with Crippen molar-refractivity contribution in [2.24, 2.45) is 0 Å². The minimum Gasteiger partial charge on any atom is -0.481 e. The molecule has 0 aliphatic carbocycles. The smallest absolute Gasteiger partial charge is 0.262 e. The first-order chi connectivity index (χ1) is 12.2. The van der Waals surface area contributed by atoms with Crippen LogP contribution in [0.4, 0.5) is 5.69 Å². The second-order valence-corrected chi connectivity index (χ2v) is 5.83. The summed E-state index contributed by atoms with van der Waals surface area (Å²) in [6.45, 7) is 4.13. The molecule has 0 atom stereocenters. The summed E-state index contributed by atoms with van der Waals surface area (Å²) < 4.78 is 5.73. The summed E-state index contributed by atoms with van der Waals surface area (Å²) in [4.78, 5) is 16.7. The molecule has 0 saturated carbocycles. The predicted octanol–water partition coefficient (Wildman–Crippen LogP) is 4.38. The van der Waals surface area contributed by atoms with E-state index in [2.05, 4.69) is 24.1 Å². The molecule has 128 valence electrons. The number of carbonyl (C=O) groups is 1. The van der Waals surface area contributed by atoms with Crippen molar-refractivity contribution in [3.05, 3.63) is 65.9 Å². The predicted molar refractivity (Wildman–Crippen MR) is 101 cm³/mol. The monoisotopic (exact) mass is 334 g/mol. The molecule has 0 saturated heterocycles. The SMILES string of the molecule is CCc1cccc(CC)c1NC(=O)COc1cccc2cccnc12. The summed E-state index contributed by atoms with van der Waals surface area (Å²) >= 11 is 0. The number of aryl methyl sites for hydroxylation is 2. The maximum atomic E-state index is 12.4. The van der Waals surface area contributed by atoms with Crippen LogP contribution in [-0.2, 0) is 17.6 Å². The van der Waals surface area contributed by atoms with Gasteiger partial charge in [0.2, 0.25) is 0 Å². The topological polar surface area (TPSA) is 51.2 Å². The number of benzene rings is 2. The van der Waals surface area contributed by atoms with Crippen LogP contribution in [0, 0.1) is 0 Å². The van der Waals surface area contributed by atoms with E-state index >= 15 is 0 Å². The number of anilines is 1. The van der Waals surface area contributed by atoms with Crippen LogP contribution in [0.25, 0.3) is 10.9 Å². The van der Waals surface area contributed by atoms with E-state index in [1.165, 1.54) is 0 Å². The first-order valence-corrected chi connectivity index (χ1v) is 8.60. The molecule has 3 rings (SSSR count). The fourth-order valence-corrected chi connectivity index (χ4v) is 2.91. The highest BCUT2D eigenvalue weighted by Crippen LogP contribution is 2.24. The Bertz CT molecular complexity index is 862. The highest BCUT2D eigenvalue weighted by Gasteiger charge is 2.11. The van der Waals surface area contributed by atoms with Crippen molar-refractivity contribution in [1.82, 2.24) is 4.98 Å². The fraction of sp³-hybridized carbons (Fsp3) is 0.238. The number of fused-ring (bicyclic) bond motifs is 1. The van der Waals surface area contributed by atoms with E-state index in [0.717, 1.165) is 40.6 Å². The summed E-state index contributed by atoms with van der Waals surface area (Å²) in [6, 6.07) is 15.7. The fourth-order valence-electron chi connectivity index (χ4n) is 2.91. The number of nitrogens with one attached hydrogen (secondary N) is 1. The maximum Gasteiger partial charge on any atom is 0.262 e. The Kier molecular flexibility index (Phi) is 5.29. The first-order valence-electron chi connectivity index (χ1n) is 8.60. The lowest BCUT2D eigenvalue weighted by molar-refractivity contribution is -0.118. The quantitative estimate of drug-likeness (QED) is 0.728. The molecular formula is C21H22N2O2. The van der Waals surface area contributed by atoms with Gasteiger partial charge in [0.15, 0.2) is 6.61 Å². The third-order valence-electron chi connectivity index (χ3n) is 4.22. The van der Waals surface area contributed by atoms with Crippen molar-refractivity contribution in [2.45, 2.75) is 26.7 Å². The molecule has 1 heterocycles. The zero-order valence-electron chi connectivity index (χ0n) is 14.6. The Morgan fingerprint density at radius 3 is 2.40 bits per heavy atom. The van der Waals surface area contributed by atoms with Crippen LogP contribution in [0.5, 0.6) is 5.75 Å². The molecule has 0 bridgehead atoms. The zero-order chi connectivity index (χ0) is 17.6. The Balaban J connectivity index is 1.73. The Morgan fingerprint density at radius 2 is 1.68 bits per heavy atom. The van der Waals surface area contributed by atoms with Gasteiger partial charge in [-0.1, -0.05) is 50.2 Å². The largest absolute Gasteiger partial charge is 0.481 e. The third-order valence-corrected chi connectivity index (χ3v) is 4.22. The van der Waals surface area contributed by atoms with E-state index in [0.29, 0.717) is 5.75 Å². The number of hydrogen-bond acceptors (Lipinski definition) is 3. The van der Waals surface area contributed by atoms with E-state index in [4.69, 9.17) is 4.74 Å². The number of amides is 1. The minimum absolute atomic E-state index is 0.0448. The number of para-hydroxylation sites is 2. The molecule has 1 aromatic heterocycles. The molecular weight excluding hydrogens is 312 g/mol. The number of aromatic nitrogens is 1. The lowest BCUT2D eigenvalue weighted by Gasteiger charge is -2.15. The van der Waals surface area contributed by atoms with Crippen LogP contribution in [0.15, 0.2) is 54.7 Å². The third kappa shape index (κ3) is 3.79. The van der Waals surface area contributed by atoms with Crippen LogP contribution in [0.3, 0.4) is 0 Å². The molecule has 4 nitrogen and oxygen atoms in total. The van der Waals surface area contributed by atoms with Gasteiger partial charge in [0.05, 0.1) is 0 Å². The molecule has 3 aromatic rings. The van der Waals surface area contributed by atoms with Crippen LogP contribution in [0.1, 0.15) is 25.0 Å². The molecule has 25 heavy (non-hydrogen) atoms. The number of ether oxygens (including phenoxy) is 1. The first kappa shape index (κ1) is 17.0. The van der Waals surface area contributed by atoms with Gasteiger partial charge in [-0.3, -0.25) is 9.78 Å². The Hall–Kier alpha value is -2.88. The van der Waals surface area contributed by atoms with Crippen LogP contribution in [0.2, 0.25) is 0 Å². The van der Waals surface area contributed by atoms with Gasteiger partial charge in [0.25, 0.3) is 5.91 Å². The normalized spacial score (nSPS) is 10.6. The van der Waals surface area contributed by atoms with Gasteiger partial charge in [-0.05, 0) is 36.1 Å². The number of nitrogens with zero attached hydrogens (tertiary/aromatic N) is 1. The summed E-state index contributed by atoms with van der Waals surface area (Å²) in [5.41, 5.74) is 3.96. The number of rotatable bonds is 6. The van der Waals surface area contributed by atoms with Crippen LogP contribution >= 0.6 is 0 Å². The van der Waals surface area contributed by atoms with E-state index in [9.17, 15) is 4.79 Å². The second kappa shape index (κ2) is 7.79. The molecule has 0 spiro atoms. The molecule has 0 aliphatic rings. The van der Waals surface area contributed by atoms with Gasteiger partial charge in [0, 0.05) is 17.3 Å². The van der Waals surface area contributed by atoms with Gasteiger partial charge >= 0.3 is 0 Å². The molecule has 4 heteroatoms. The number of carbonyl (C=O) groups excluding carboxylic acids is 1. The molecule has 1 amide bonds. The average Bonchev–Trinajstić information content (AvgIpc) is 2.66. The standard InChI is InChI=1S/C21H22N2O2/c1-3-15-8-5-9-16(4-2)20(15)23-19(24)14-25-18-12-6-10-17-11-7-13-22-21(17)18/h5-13H,3-4,14H2,1-2H3,(H,23,24). The molecule has 1 N–H and O–H groups in total. The van der Waals surface area contributed by atoms with Crippen LogP contribution in [-0.4, -0.2) is 17.5 Å². The van der Waals surface area contributed by atoms with Crippen LogP contribution < -0.4 is 10.1 Å². The molecule has 0 aliphatic heterocycles. The zero-order valence-corrected chi connectivity index (χ0v) is 14.6. The summed E-state index contributed by atoms with van der Waals surface area (Å²) in [6.07, 6.45) is 3.47. The minimum atomic E-state index is -0.163. The van der Waals surface area contributed by atoms with E-state index < -0.39 is 0 Å². The van der Waals surface area contributed by atoms with Crippen molar-refractivity contribution in [2.75, 3.05) is 11.9 Å². The lowest BCUT2D eigenvalue weighted by atomic mass is 10.0. The van der Waals surface area contributed by atoms with E-state index in [-0.39, 0.29) is 12.5 Å². The Labute approximate surface area is 147 Å². The molecule has 2 aromatic carbocycles. The average molecular weight is 334 g/mol. The maximum absolute atomic E-state index is 12.4. The van der Waals surface area contributed by atoms with Crippen molar-refractivity contribution < 1.29 is 9.53 Å². The molecule has 0 radical (unpaired) electrons. The molecule has 0 unspecified atom stereocenters. The van der Waals surface area contributed by atoms with Gasteiger partial charge < -0.3 is 10.1 Å². The summed E-state index contributed by atoms with van der Waals surface area (Å²) in [7, 11) is 0. The van der Waals surface area contributed by atoms with Gasteiger partial charge in [-0.15, -0.1) is 0 Å². The Morgan fingerprint density at radius 1 is 1.00 bits per heavy atom. The molecule has 0 fully saturated rings. The highest BCUT2D eigenvalue weighted by molar-refractivity contribution is 5.94. The van der Waals surface area contributed by atoms with E-state index in [1.807, 2.05) is 48.5 Å². The van der Waals surface area contributed by atoms with Crippen molar-refractivity contribution >= 4 is 22.5 Å². The van der Waals surface area contributed by atoms with Crippen molar-refractivity contribution in [1.29, 1.82) is 0 Å². The second-order valence-electron chi connectivity index (χ2n) is 5.83. The van der Waals surface area contributed by atoms with Gasteiger partial charge in [-0.25, -0.2) is 0 Å². The lowest BCUT2D eigenvalue weighted by Crippen LogP contribution is -2.22. The van der Waals surface area contributed by atoms with Crippen molar-refractivity contribution in [3.8, 4) is 5.75 Å². The summed E-state index contributed by atoms with van der Waals surface area (Å²) in [5.74, 6) is 0.455. The highest BCUT2D eigenvalue weighted by atomic mass is 16.5. The van der Waals surface area contributed by atoms with E-state index in [1.54, 1.807) is 6.20 Å². The van der Waals surface area contributed by atoms with Crippen molar-refractivity contribution in [3.63, 3.8) is 0 Å². The number of hydrogen-bond donors (Lipinski definition) is 1. The van der Waals surface area contributed by atoms with Gasteiger partial charge in [-0.2, -0.15) is 0 Å². The number of pyridine rings is 1. The van der Waals surface area contributed by atoms with Gasteiger partial charge in [0.1, 0.15) is 11.3 Å². The summed E-state index contributed by atoms with van der Waals surface area (Å²) in [5, 5.41) is 4.01.